The Labute approximate surface area is 414 Å². The number of hydrogen-bond acceptors (Lipinski definition) is 0. The van der Waals surface area contributed by atoms with Crippen LogP contribution in [0.1, 0.15) is 33.4 Å². The first kappa shape index (κ1) is 40.9. The molecule has 0 fully saturated rings. The van der Waals surface area contributed by atoms with Gasteiger partial charge in [0.2, 0.25) is 0 Å². The molecule has 0 aromatic heterocycles. The molecule has 0 spiro atoms. The van der Waals surface area contributed by atoms with Crippen molar-refractivity contribution in [3.63, 3.8) is 0 Å². The molecular weight excluding hydrogens is 853 g/mol. The molecule has 0 heterocycles. The third-order valence-electron chi connectivity index (χ3n) is 15.4. The minimum absolute atomic E-state index is 0.445. The Morgan fingerprint density at radius 1 is 0.225 bits per heavy atom. The van der Waals surface area contributed by atoms with Crippen molar-refractivity contribution in [2.75, 3.05) is 0 Å². The van der Waals surface area contributed by atoms with E-state index in [0.717, 1.165) is 0 Å². The van der Waals surface area contributed by atoms with Crippen LogP contribution in [0.25, 0.3) is 111 Å². The molecule has 0 saturated heterocycles. The van der Waals surface area contributed by atoms with Crippen LogP contribution in [0, 0.1) is 0 Å². The molecule has 0 saturated carbocycles. The molecule has 71 heavy (non-hydrogen) atoms. The highest BCUT2D eigenvalue weighted by atomic mass is 14.5. The van der Waals surface area contributed by atoms with Gasteiger partial charge in [-0.3, -0.25) is 0 Å². The summed E-state index contributed by atoms with van der Waals surface area (Å²) in [7, 11) is 0. The third-order valence-corrected chi connectivity index (χ3v) is 15.4. The first-order valence-corrected chi connectivity index (χ1v) is 24.7. The predicted molar refractivity (Wildman–Crippen MR) is 303 cm³/mol. The molecule has 0 bridgehead atoms. The van der Waals surface area contributed by atoms with Crippen molar-refractivity contribution in [1.82, 2.24) is 0 Å². The van der Waals surface area contributed by atoms with Gasteiger partial charge in [0.1, 0.15) is 0 Å². The molecule has 0 atom stereocenters. The van der Waals surface area contributed by atoms with Crippen molar-refractivity contribution >= 4 is 66.0 Å². The topological polar surface area (TPSA) is 0 Å². The molecular formula is C71H46. The van der Waals surface area contributed by atoms with Crippen LogP contribution in [-0.2, 0) is 5.41 Å². The number of fused-ring (bicyclic) bond motifs is 8. The zero-order valence-corrected chi connectivity index (χ0v) is 39.1. The van der Waals surface area contributed by atoms with E-state index < -0.39 is 5.41 Å². The number of rotatable bonds is 7. The first-order chi connectivity index (χ1) is 35.3. The Hall–Kier alpha value is -9.10. The van der Waals surface area contributed by atoms with Crippen molar-refractivity contribution in [2.45, 2.75) is 5.41 Å². The van der Waals surface area contributed by atoms with Crippen molar-refractivity contribution in [2.24, 2.45) is 0 Å². The molecule has 0 N–H and O–H groups in total. The van der Waals surface area contributed by atoms with Crippen LogP contribution in [0.5, 0.6) is 0 Å². The Bertz CT molecular complexity index is 4160. The minimum Gasteiger partial charge on any atom is -0.0622 e. The van der Waals surface area contributed by atoms with Crippen LogP contribution in [0.15, 0.2) is 267 Å². The Balaban J connectivity index is 0.894. The fourth-order valence-electron chi connectivity index (χ4n) is 12.4. The van der Waals surface area contributed by atoms with Crippen LogP contribution in [0.2, 0.25) is 0 Å². The molecule has 13 aromatic rings. The van der Waals surface area contributed by atoms with E-state index in [9.17, 15) is 0 Å². The Morgan fingerprint density at radius 3 is 1.21 bits per heavy atom. The summed E-state index contributed by atoms with van der Waals surface area (Å²) in [5.41, 5.74) is 17.2. The Morgan fingerprint density at radius 2 is 0.620 bits per heavy atom. The second kappa shape index (κ2) is 16.6. The van der Waals surface area contributed by atoms with Gasteiger partial charge in [-0.15, -0.1) is 0 Å². The summed E-state index contributed by atoms with van der Waals surface area (Å²) >= 11 is 0. The maximum absolute atomic E-state index is 2.39. The van der Waals surface area contributed by atoms with E-state index in [1.54, 1.807) is 0 Å². The molecule has 0 radical (unpaired) electrons. The smallest absolute Gasteiger partial charge is 0.0622 e. The van der Waals surface area contributed by atoms with E-state index in [1.165, 1.54) is 132 Å². The third kappa shape index (κ3) is 6.32. The monoisotopic (exact) mass is 898 g/mol. The molecule has 14 rings (SSSR count). The normalized spacial score (nSPS) is 12.8. The lowest BCUT2D eigenvalue weighted by atomic mass is 9.67. The average Bonchev–Trinajstić information content (AvgIpc) is 3.75. The van der Waals surface area contributed by atoms with Gasteiger partial charge in [0.25, 0.3) is 0 Å². The van der Waals surface area contributed by atoms with Crippen molar-refractivity contribution < 1.29 is 0 Å². The Kier molecular flexibility index (Phi) is 9.54. The lowest BCUT2D eigenvalue weighted by Gasteiger charge is -2.34. The fraction of sp³-hybridized carbons (Fsp3) is 0.0141. The van der Waals surface area contributed by atoms with E-state index in [1.807, 2.05) is 0 Å². The van der Waals surface area contributed by atoms with Gasteiger partial charge in [-0.1, -0.05) is 279 Å². The van der Waals surface area contributed by atoms with Crippen LogP contribution in [-0.4, -0.2) is 0 Å². The molecule has 0 unspecified atom stereocenters. The number of benzene rings is 13. The van der Waals surface area contributed by atoms with E-state index in [0.29, 0.717) is 0 Å². The van der Waals surface area contributed by atoms with E-state index in [2.05, 4.69) is 279 Å². The molecule has 1 aliphatic carbocycles. The highest BCUT2D eigenvalue weighted by molar-refractivity contribution is 6.24. The molecule has 0 heteroatoms. The van der Waals surface area contributed by atoms with E-state index >= 15 is 0 Å². The van der Waals surface area contributed by atoms with Gasteiger partial charge < -0.3 is 0 Å². The van der Waals surface area contributed by atoms with Crippen LogP contribution >= 0.6 is 0 Å². The van der Waals surface area contributed by atoms with E-state index in [-0.39, 0.29) is 0 Å². The van der Waals surface area contributed by atoms with E-state index in [4.69, 9.17) is 0 Å². The second-order valence-corrected chi connectivity index (χ2v) is 19.0. The van der Waals surface area contributed by atoms with Crippen molar-refractivity contribution in [3.8, 4) is 44.5 Å². The van der Waals surface area contributed by atoms with Gasteiger partial charge in [0.05, 0.1) is 5.41 Å². The molecule has 0 amide bonds. The standard InChI is InChI=1S/C71H46/c1-2-21-51(22-3-1)71(67-35-16-14-28-60(67)61-29-15-17-36-68(61)71)52-43-39-50(40-44-52)69-62-30-10-12-32-64(62)70(65-33-13-11-31-63(65)69)66-46-42-49(55-25-7-9-27-58(55)66)38-37-48-41-45-59(56-26-8-6-24-54(48)56)57-34-18-20-47-19-4-5-23-53(47)57/h1-46H/b38-37+. The summed E-state index contributed by atoms with van der Waals surface area (Å²) in [6.07, 6.45) is 4.60. The van der Waals surface area contributed by atoms with Crippen molar-refractivity contribution in [3.05, 3.63) is 300 Å². The summed E-state index contributed by atoms with van der Waals surface area (Å²) in [6.45, 7) is 0. The second-order valence-electron chi connectivity index (χ2n) is 19.0. The maximum Gasteiger partial charge on any atom is 0.0713 e. The molecule has 0 aliphatic heterocycles. The van der Waals surface area contributed by atoms with Crippen LogP contribution < -0.4 is 0 Å². The SMILES string of the molecule is C(=C\c1ccc(-c2c3ccccc3c(-c3ccc(C4(c5ccccc5)c5ccccc5-c5ccccc54)cc3)c3ccccc23)c2ccccc12)/c1ccc(-c2cccc3ccccc23)c2ccccc12. The van der Waals surface area contributed by atoms with Gasteiger partial charge in [0, 0.05) is 0 Å². The zero-order valence-electron chi connectivity index (χ0n) is 39.1. The van der Waals surface area contributed by atoms with Gasteiger partial charge in [-0.25, -0.2) is 0 Å². The van der Waals surface area contributed by atoms with Crippen LogP contribution in [0.3, 0.4) is 0 Å². The van der Waals surface area contributed by atoms with Gasteiger partial charge in [-0.2, -0.15) is 0 Å². The van der Waals surface area contributed by atoms with Gasteiger partial charge >= 0.3 is 0 Å². The minimum atomic E-state index is -0.445. The van der Waals surface area contributed by atoms with Gasteiger partial charge in [-0.05, 0) is 132 Å². The largest absolute Gasteiger partial charge is 0.0713 e. The summed E-state index contributed by atoms with van der Waals surface area (Å²) in [6, 6.07) is 98.9. The summed E-state index contributed by atoms with van der Waals surface area (Å²) in [4.78, 5) is 0. The predicted octanol–water partition coefficient (Wildman–Crippen LogP) is 19.0. The summed E-state index contributed by atoms with van der Waals surface area (Å²) < 4.78 is 0. The summed E-state index contributed by atoms with van der Waals surface area (Å²) in [5.74, 6) is 0. The molecule has 330 valence electrons. The highest BCUT2D eigenvalue weighted by Gasteiger charge is 2.45. The highest BCUT2D eigenvalue weighted by Crippen LogP contribution is 2.56. The van der Waals surface area contributed by atoms with Crippen molar-refractivity contribution in [1.29, 1.82) is 0 Å². The maximum atomic E-state index is 2.39. The zero-order chi connectivity index (χ0) is 46.9. The first-order valence-electron chi connectivity index (χ1n) is 24.7. The molecule has 0 nitrogen and oxygen atoms in total. The van der Waals surface area contributed by atoms with Crippen LogP contribution in [0.4, 0.5) is 0 Å². The average molecular weight is 899 g/mol. The molecule has 13 aromatic carbocycles. The molecule has 1 aliphatic rings. The lowest BCUT2D eigenvalue weighted by Crippen LogP contribution is -2.28. The lowest BCUT2D eigenvalue weighted by molar-refractivity contribution is 0.768. The summed E-state index contributed by atoms with van der Waals surface area (Å²) in [5, 5.41) is 12.5. The quantitative estimate of drug-likeness (QED) is 0.110. The number of hydrogen-bond donors (Lipinski definition) is 0. The van der Waals surface area contributed by atoms with Gasteiger partial charge in [0.15, 0.2) is 0 Å². The fourth-order valence-corrected chi connectivity index (χ4v) is 12.4.